The van der Waals surface area contributed by atoms with Crippen LogP contribution in [0, 0.1) is 5.92 Å². The highest BCUT2D eigenvalue weighted by Gasteiger charge is 2.22. The molecule has 1 aliphatic heterocycles. The molecule has 1 atom stereocenters. The van der Waals surface area contributed by atoms with E-state index in [-0.39, 0.29) is 0 Å². The van der Waals surface area contributed by atoms with Crippen molar-refractivity contribution >= 4 is 0 Å². The first-order chi connectivity index (χ1) is 8.90. The third kappa shape index (κ3) is 3.98. The molecular weight excluding hydrogens is 228 g/mol. The summed E-state index contributed by atoms with van der Waals surface area (Å²) in [6.45, 7) is 2.39. The van der Waals surface area contributed by atoms with Gasteiger partial charge in [0.2, 0.25) is 0 Å². The summed E-state index contributed by atoms with van der Waals surface area (Å²) in [4.78, 5) is 0. The molecule has 4 nitrogen and oxygen atoms in total. The second-order valence-corrected chi connectivity index (χ2v) is 4.67. The van der Waals surface area contributed by atoms with Crippen molar-refractivity contribution in [3.63, 3.8) is 0 Å². The van der Waals surface area contributed by atoms with Crippen LogP contribution in [0.2, 0.25) is 0 Å². The number of hydrazine groups is 1. The molecule has 18 heavy (non-hydrogen) atoms. The van der Waals surface area contributed by atoms with Crippen molar-refractivity contribution in [2.45, 2.75) is 25.3 Å². The van der Waals surface area contributed by atoms with E-state index in [0.717, 1.165) is 38.2 Å². The van der Waals surface area contributed by atoms with Crippen LogP contribution >= 0.6 is 0 Å². The fourth-order valence-electron chi connectivity index (χ4n) is 2.39. The lowest BCUT2D eigenvalue weighted by molar-refractivity contribution is 0.0505. The zero-order valence-corrected chi connectivity index (χ0v) is 10.7. The van der Waals surface area contributed by atoms with E-state index in [1.54, 1.807) is 0 Å². The molecule has 0 saturated carbocycles. The van der Waals surface area contributed by atoms with Crippen LogP contribution < -0.4 is 16.0 Å². The van der Waals surface area contributed by atoms with Gasteiger partial charge in [-0.1, -0.05) is 18.2 Å². The summed E-state index contributed by atoms with van der Waals surface area (Å²) in [5, 5.41) is 0. The highest BCUT2D eigenvalue weighted by atomic mass is 16.5. The minimum atomic E-state index is 0.317. The lowest BCUT2D eigenvalue weighted by Crippen LogP contribution is -2.43. The number of nitrogens with one attached hydrogen (secondary N) is 1. The molecule has 4 heteroatoms. The first-order valence-corrected chi connectivity index (χ1v) is 6.62. The molecule has 0 aliphatic carbocycles. The quantitative estimate of drug-likeness (QED) is 0.596. The maximum absolute atomic E-state index is 5.70. The fourth-order valence-corrected chi connectivity index (χ4v) is 2.39. The van der Waals surface area contributed by atoms with Gasteiger partial charge in [0, 0.05) is 19.3 Å². The zero-order chi connectivity index (χ0) is 12.6. The maximum atomic E-state index is 5.70. The predicted octanol–water partition coefficient (Wildman–Crippen LogP) is 1.71. The first-order valence-electron chi connectivity index (χ1n) is 6.62. The number of benzene rings is 1. The highest BCUT2D eigenvalue weighted by molar-refractivity contribution is 5.20. The number of rotatable bonds is 6. The summed E-state index contributed by atoms with van der Waals surface area (Å²) >= 11 is 0. The number of hydrogen-bond donors (Lipinski definition) is 2. The fraction of sp³-hybridized carbons (Fsp3) is 0.571. The minimum absolute atomic E-state index is 0.317. The summed E-state index contributed by atoms with van der Waals surface area (Å²) in [5.41, 5.74) is 2.92. The molecule has 1 saturated heterocycles. The first kappa shape index (κ1) is 13.3. The van der Waals surface area contributed by atoms with E-state index in [0.29, 0.717) is 18.6 Å². The van der Waals surface area contributed by atoms with Gasteiger partial charge in [-0.3, -0.25) is 11.3 Å². The number of nitrogens with two attached hydrogens (primary N) is 1. The van der Waals surface area contributed by atoms with Gasteiger partial charge in [-0.25, -0.2) is 0 Å². The van der Waals surface area contributed by atoms with Gasteiger partial charge in [0.1, 0.15) is 5.75 Å². The predicted molar refractivity (Wildman–Crippen MR) is 71.2 cm³/mol. The summed E-state index contributed by atoms with van der Waals surface area (Å²) in [6.07, 6.45) is 3.09. The number of hydrogen-bond acceptors (Lipinski definition) is 4. The van der Waals surface area contributed by atoms with E-state index in [1.165, 1.54) is 0 Å². The van der Waals surface area contributed by atoms with Crippen molar-refractivity contribution in [2.75, 3.05) is 19.8 Å². The molecule has 0 spiro atoms. The van der Waals surface area contributed by atoms with Crippen molar-refractivity contribution in [2.24, 2.45) is 11.8 Å². The summed E-state index contributed by atoms with van der Waals surface area (Å²) in [7, 11) is 0. The molecule has 0 aromatic heterocycles. The Bertz CT molecular complexity index is 326. The van der Waals surface area contributed by atoms with Crippen LogP contribution in [0.25, 0.3) is 0 Å². The van der Waals surface area contributed by atoms with Crippen LogP contribution in [-0.4, -0.2) is 25.9 Å². The summed E-state index contributed by atoms with van der Waals surface area (Å²) in [5.74, 6) is 7.15. The van der Waals surface area contributed by atoms with Gasteiger partial charge in [-0.2, -0.15) is 0 Å². The Morgan fingerprint density at radius 3 is 2.67 bits per heavy atom. The molecule has 1 unspecified atom stereocenters. The smallest absolute Gasteiger partial charge is 0.119 e. The van der Waals surface area contributed by atoms with Crippen molar-refractivity contribution in [3.05, 3.63) is 30.3 Å². The molecule has 0 radical (unpaired) electrons. The van der Waals surface area contributed by atoms with Gasteiger partial charge in [0.05, 0.1) is 6.61 Å². The average molecular weight is 250 g/mol. The molecule has 1 aromatic carbocycles. The second kappa shape index (κ2) is 7.36. The van der Waals surface area contributed by atoms with E-state index in [4.69, 9.17) is 15.3 Å². The molecule has 1 aliphatic rings. The SMILES string of the molecule is NNC(CCOc1ccccc1)C1CCOCC1. The van der Waals surface area contributed by atoms with Gasteiger partial charge in [-0.15, -0.1) is 0 Å². The standard InChI is InChI=1S/C14H22N2O2/c15-16-14(12-6-9-17-10-7-12)8-11-18-13-4-2-1-3-5-13/h1-5,12,14,16H,6-11,15H2. The van der Waals surface area contributed by atoms with Crippen LogP contribution in [0.3, 0.4) is 0 Å². The molecule has 1 heterocycles. The van der Waals surface area contributed by atoms with Crippen LogP contribution in [0.15, 0.2) is 30.3 Å². The minimum Gasteiger partial charge on any atom is -0.494 e. The van der Waals surface area contributed by atoms with E-state index < -0.39 is 0 Å². The highest BCUT2D eigenvalue weighted by Crippen LogP contribution is 2.20. The third-order valence-electron chi connectivity index (χ3n) is 3.49. The Balaban J connectivity index is 1.73. The van der Waals surface area contributed by atoms with Crippen LogP contribution in [-0.2, 0) is 4.74 Å². The number of ether oxygens (including phenoxy) is 2. The molecule has 3 N–H and O–H groups in total. The molecular formula is C14H22N2O2. The second-order valence-electron chi connectivity index (χ2n) is 4.67. The Kier molecular flexibility index (Phi) is 5.45. The van der Waals surface area contributed by atoms with Crippen molar-refractivity contribution in [1.82, 2.24) is 5.43 Å². The normalized spacial score (nSPS) is 18.5. The monoisotopic (exact) mass is 250 g/mol. The van der Waals surface area contributed by atoms with E-state index >= 15 is 0 Å². The van der Waals surface area contributed by atoms with Crippen LogP contribution in [0.4, 0.5) is 0 Å². The molecule has 0 amide bonds. The van der Waals surface area contributed by atoms with Gasteiger partial charge < -0.3 is 9.47 Å². The summed E-state index contributed by atoms with van der Waals surface area (Å²) in [6, 6.07) is 10.2. The van der Waals surface area contributed by atoms with Gasteiger partial charge in [-0.05, 0) is 37.3 Å². The molecule has 0 bridgehead atoms. The summed E-state index contributed by atoms with van der Waals surface area (Å²) < 4.78 is 11.1. The van der Waals surface area contributed by atoms with Crippen LogP contribution in [0.5, 0.6) is 5.75 Å². The Hall–Kier alpha value is -1.10. The molecule has 1 fully saturated rings. The zero-order valence-electron chi connectivity index (χ0n) is 10.7. The van der Waals surface area contributed by atoms with Gasteiger partial charge in [0.15, 0.2) is 0 Å². The van der Waals surface area contributed by atoms with Crippen molar-refractivity contribution < 1.29 is 9.47 Å². The van der Waals surface area contributed by atoms with Crippen molar-refractivity contribution in [3.8, 4) is 5.75 Å². The van der Waals surface area contributed by atoms with Crippen LogP contribution in [0.1, 0.15) is 19.3 Å². The average Bonchev–Trinajstić information content (AvgIpc) is 2.46. The molecule has 2 rings (SSSR count). The molecule has 100 valence electrons. The van der Waals surface area contributed by atoms with E-state index in [2.05, 4.69) is 5.43 Å². The van der Waals surface area contributed by atoms with Crippen molar-refractivity contribution in [1.29, 1.82) is 0 Å². The van der Waals surface area contributed by atoms with E-state index in [1.807, 2.05) is 30.3 Å². The largest absolute Gasteiger partial charge is 0.494 e. The Morgan fingerprint density at radius 2 is 2.00 bits per heavy atom. The Morgan fingerprint density at radius 1 is 1.28 bits per heavy atom. The lowest BCUT2D eigenvalue weighted by Gasteiger charge is -2.29. The molecule has 1 aromatic rings. The lowest BCUT2D eigenvalue weighted by atomic mass is 9.90. The van der Waals surface area contributed by atoms with Gasteiger partial charge >= 0.3 is 0 Å². The Labute approximate surface area is 108 Å². The van der Waals surface area contributed by atoms with Gasteiger partial charge in [0.25, 0.3) is 0 Å². The topological polar surface area (TPSA) is 56.5 Å². The number of para-hydroxylation sites is 1. The van der Waals surface area contributed by atoms with E-state index in [9.17, 15) is 0 Å². The third-order valence-corrected chi connectivity index (χ3v) is 3.49. The maximum Gasteiger partial charge on any atom is 0.119 e.